The molecule has 0 radical (unpaired) electrons. The van der Waals surface area contributed by atoms with Gasteiger partial charge in [-0.1, -0.05) is 44.9 Å². The van der Waals surface area contributed by atoms with Gasteiger partial charge >= 0.3 is 0 Å². The largest absolute Gasteiger partial charge is 0.492 e. The molecule has 1 aromatic rings. The Kier molecular flexibility index (Phi) is 7.04. The molecule has 0 amide bonds. The first-order valence-electron chi connectivity index (χ1n) is 8.50. The van der Waals surface area contributed by atoms with Crippen LogP contribution < -0.4 is 10.1 Å². The van der Waals surface area contributed by atoms with Crippen LogP contribution in [-0.2, 0) is 6.54 Å². The SMILES string of the molecule is CCNCc1ccccc1OCCN(CC)C1CCCC1. The Balaban J connectivity index is 1.81. The van der Waals surface area contributed by atoms with Gasteiger partial charge in [-0.15, -0.1) is 0 Å². The van der Waals surface area contributed by atoms with Gasteiger partial charge in [0.2, 0.25) is 0 Å². The lowest BCUT2D eigenvalue weighted by molar-refractivity contribution is 0.167. The Bertz CT molecular complexity index is 402. The fourth-order valence-corrected chi connectivity index (χ4v) is 3.19. The minimum Gasteiger partial charge on any atom is -0.492 e. The number of benzene rings is 1. The van der Waals surface area contributed by atoms with E-state index in [1.165, 1.54) is 31.2 Å². The summed E-state index contributed by atoms with van der Waals surface area (Å²) in [5.74, 6) is 1.03. The van der Waals surface area contributed by atoms with Gasteiger partial charge in [0.25, 0.3) is 0 Å². The average molecular weight is 290 g/mol. The molecule has 0 spiro atoms. The minimum atomic E-state index is 0.785. The van der Waals surface area contributed by atoms with Crippen molar-refractivity contribution in [3.63, 3.8) is 0 Å². The molecule has 0 atom stereocenters. The van der Waals surface area contributed by atoms with Gasteiger partial charge in [0.15, 0.2) is 0 Å². The topological polar surface area (TPSA) is 24.5 Å². The molecule has 118 valence electrons. The summed E-state index contributed by atoms with van der Waals surface area (Å²) in [6.45, 7) is 9.21. The Morgan fingerprint density at radius 3 is 2.67 bits per heavy atom. The third kappa shape index (κ3) is 5.01. The molecule has 2 rings (SSSR count). The van der Waals surface area contributed by atoms with E-state index in [1.54, 1.807) is 0 Å². The molecule has 0 heterocycles. The van der Waals surface area contributed by atoms with Crippen molar-refractivity contribution in [1.29, 1.82) is 0 Å². The summed E-state index contributed by atoms with van der Waals surface area (Å²) in [6, 6.07) is 9.15. The zero-order valence-electron chi connectivity index (χ0n) is 13.6. The molecule has 1 aliphatic rings. The predicted molar refractivity (Wildman–Crippen MR) is 88.8 cm³/mol. The van der Waals surface area contributed by atoms with Gasteiger partial charge < -0.3 is 10.1 Å². The van der Waals surface area contributed by atoms with E-state index < -0.39 is 0 Å². The van der Waals surface area contributed by atoms with E-state index >= 15 is 0 Å². The monoisotopic (exact) mass is 290 g/mol. The van der Waals surface area contributed by atoms with Crippen LogP contribution in [0.25, 0.3) is 0 Å². The number of hydrogen-bond acceptors (Lipinski definition) is 3. The number of para-hydroxylation sites is 1. The summed E-state index contributed by atoms with van der Waals surface area (Å²) in [5.41, 5.74) is 1.25. The van der Waals surface area contributed by atoms with Crippen molar-refractivity contribution < 1.29 is 4.74 Å². The second kappa shape index (κ2) is 9.06. The maximum atomic E-state index is 6.04. The lowest BCUT2D eigenvalue weighted by atomic mass is 10.2. The normalized spacial score (nSPS) is 15.8. The molecular formula is C18H30N2O. The van der Waals surface area contributed by atoms with Gasteiger partial charge in [0.1, 0.15) is 12.4 Å². The van der Waals surface area contributed by atoms with E-state index in [2.05, 4.69) is 48.3 Å². The second-order valence-corrected chi connectivity index (χ2v) is 5.80. The molecule has 3 nitrogen and oxygen atoms in total. The summed E-state index contributed by atoms with van der Waals surface area (Å²) in [6.07, 6.45) is 5.52. The predicted octanol–water partition coefficient (Wildman–Crippen LogP) is 3.44. The zero-order chi connectivity index (χ0) is 14.9. The van der Waals surface area contributed by atoms with E-state index in [0.717, 1.165) is 44.6 Å². The third-order valence-corrected chi connectivity index (χ3v) is 4.42. The van der Waals surface area contributed by atoms with Gasteiger partial charge in [-0.2, -0.15) is 0 Å². The first-order chi connectivity index (χ1) is 10.3. The van der Waals surface area contributed by atoms with E-state index in [1.807, 2.05) is 0 Å². The van der Waals surface area contributed by atoms with Crippen LogP contribution in [0.3, 0.4) is 0 Å². The fourth-order valence-electron chi connectivity index (χ4n) is 3.19. The van der Waals surface area contributed by atoms with E-state index in [-0.39, 0.29) is 0 Å². The summed E-state index contributed by atoms with van der Waals surface area (Å²) in [5, 5.41) is 3.37. The van der Waals surface area contributed by atoms with E-state index in [9.17, 15) is 0 Å². The highest BCUT2D eigenvalue weighted by Crippen LogP contribution is 2.23. The molecule has 0 unspecified atom stereocenters. The van der Waals surface area contributed by atoms with Crippen LogP contribution in [0.1, 0.15) is 45.1 Å². The van der Waals surface area contributed by atoms with Gasteiger partial charge in [0.05, 0.1) is 0 Å². The molecule has 1 fully saturated rings. The Morgan fingerprint density at radius 2 is 1.95 bits per heavy atom. The molecular weight excluding hydrogens is 260 g/mol. The molecule has 1 saturated carbocycles. The zero-order valence-corrected chi connectivity index (χ0v) is 13.6. The van der Waals surface area contributed by atoms with Crippen LogP contribution >= 0.6 is 0 Å². The third-order valence-electron chi connectivity index (χ3n) is 4.42. The molecule has 21 heavy (non-hydrogen) atoms. The molecule has 1 aromatic carbocycles. The first kappa shape index (κ1) is 16.3. The average Bonchev–Trinajstić information content (AvgIpc) is 3.04. The smallest absolute Gasteiger partial charge is 0.123 e. The molecule has 1 N–H and O–H groups in total. The molecule has 0 aliphatic heterocycles. The molecule has 3 heteroatoms. The highest BCUT2D eigenvalue weighted by molar-refractivity contribution is 5.33. The summed E-state index contributed by atoms with van der Waals surface area (Å²) in [4.78, 5) is 2.58. The van der Waals surface area contributed by atoms with Crippen LogP contribution in [0.4, 0.5) is 0 Å². The van der Waals surface area contributed by atoms with Crippen LogP contribution in [0.15, 0.2) is 24.3 Å². The quantitative estimate of drug-likeness (QED) is 0.754. The number of likely N-dealkylation sites (N-methyl/N-ethyl adjacent to an activating group) is 1. The first-order valence-corrected chi connectivity index (χ1v) is 8.50. The van der Waals surface area contributed by atoms with Crippen molar-refractivity contribution in [2.75, 3.05) is 26.2 Å². The van der Waals surface area contributed by atoms with Gasteiger partial charge in [-0.05, 0) is 32.0 Å². The second-order valence-electron chi connectivity index (χ2n) is 5.80. The summed E-state index contributed by atoms with van der Waals surface area (Å²) >= 11 is 0. The number of nitrogens with zero attached hydrogens (tertiary/aromatic N) is 1. The van der Waals surface area contributed by atoms with E-state index in [4.69, 9.17) is 4.74 Å². The lowest BCUT2D eigenvalue weighted by Crippen LogP contribution is -2.36. The van der Waals surface area contributed by atoms with Crippen molar-refractivity contribution in [1.82, 2.24) is 10.2 Å². The van der Waals surface area contributed by atoms with E-state index in [0.29, 0.717) is 0 Å². The fraction of sp³-hybridized carbons (Fsp3) is 0.667. The van der Waals surface area contributed by atoms with Crippen LogP contribution in [0.5, 0.6) is 5.75 Å². The molecule has 0 bridgehead atoms. The lowest BCUT2D eigenvalue weighted by Gasteiger charge is -2.27. The highest BCUT2D eigenvalue weighted by Gasteiger charge is 2.20. The van der Waals surface area contributed by atoms with Crippen molar-refractivity contribution >= 4 is 0 Å². The Morgan fingerprint density at radius 1 is 1.19 bits per heavy atom. The summed E-state index contributed by atoms with van der Waals surface area (Å²) in [7, 11) is 0. The number of ether oxygens (including phenoxy) is 1. The van der Waals surface area contributed by atoms with Crippen molar-refractivity contribution in [3.05, 3.63) is 29.8 Å². The van der Waals surface area contributed by atoms with Crippen molar-refractivity contribution in [2.24, 2.45) is 0 Å². The summed E-state index contributed by atoms with van der Waals surface area (Å²) < 4.78 is 6.04. The Hall–Kier alpha value is -1.06. The maximum Gasteiger partial charge on any atom is 0.123 e. The van der Waals surface area contributed by atoms with Crippen LogP contribution in [-0.4, -0.2) is 37.2 Å². The maximum absolute atomic E-state index is 6.04. The van der Waals surface area contributed by atoms with Gasteiger partial charge in [-0.25, -0.2) is 0 Å². The molecule has 0 saturated heterocycles. The molecule has 0 aromatic heterocycles. The van der Waals surface area contributed by atoms with Gasteiger partial charge in [0, 0.05) is 24.7 Å². The minimum absolute atomic E-state index is 0.785. The van der Waals surface area contributed by atoms with Crippen molar-refractivity contribution in [3.8, 4) is 5.75 Å². The van der Waals surface area contributed by atoms with Crippen LogP contribution in [0.2, 0.25) is 0 Å². The van der Waals surface area contributed by atoms with Crippen LogP contribution in [0, 0.1) is 0 Å². The van der Waals surface area contributed by atoms with Crippen molar-refractivity contribution in [2.45, 2.75) is 52.1 Å². The number of hydrogen-bond donors (Lipinski definition) is 1. The van der Waals surface area contributed by atoms with Gasteiger partial charge in [-0.3, -0.25) is 4.90 Å². The number of rotatable bonds is 9. The number of nitrogens with one attached hydrogen (secondary N) is 1. The Labute approximate surface area is 129 Å². The molecule has 1 aliphatic carbocycles. The standard InChI is InChI=1S/C18H30N2O/c1-3-19-15-16-9-5-8-12-18(16)21-14-13-20(4-2)17-10-6-7-11-17/h5,8-9,12,17,19H,3-4,6-7,10-11,13-15H2,1-2H3. The highest BCUT2D eigenvalue weighted by atomic mass is 16.5.